The number of aryl methyl sites for hydroxylation is 1. The molecule has 0 radical (unpaired) electrons. The summed E-state index contributed by atoms with van der Waals surface area (Å²) in [6.07, 6.45) is 1.35. The maximum Gasteiger partial charge on any atom is 0.271 e. The van der Waals surface area contributed by atoms with Crippen LogP contribution >= 0.6 is 11.6 Å². The number of halogens is 1. The summed E-state index contributed by atoms with van der Waals surface area (Å²) in [5.74, 6) is -0.320. The van der Waals surface area contributed by atoms with Crippen molar-refractivity contribution in [2.75, 3.05) is 0 Å². The van der Waals surface area contributed by atoms with Crippen LogP contribution in [0.25, 0.3) is 16.9 Å². The van der Waals surface area contributed by atoms with Gasteiger partial charge in [0.25, 0.3) is 5.91 Å². The van der Waals surface area contributed by atoms with Crippen LogP contribution in [0.4, 0.5) is 0 Å². The van der Waals surface area contributed by atoms with Gasteiger partial charge in [-0.25, -0.2) is 5.43 Å². The molecule has 1 amide bonds. The first-order valence-electron chi connectivity index (χ1n) is 9.69. The summed E-state index contributed by atoms with van der Waals surface area (Å²) >= 11 is 5.91. The zero-order valence-electron chi connectivity index (χ0n) is 16.8. The SMILES string of the molecule is Cc1ccc(-c2ccccc2)n1-c1ccc(C(=O)N/N=C/c2cc(Cl)ccc2O)cc1. The Morgan fingerprint density at radius 1 is 1.00 bits per heavy atom. The van der Waals surface area contributed by atoms with Gasteiger partial charge >= 0.3 is 0 Å². The van der Waals surface area contributed by atoms with Crippen molar-refractivity contribution in [2.24, 2.45) is 5.10 Å². The van der Waals surface area contributed by atoms with Crippen LogP contribution in [0, 0.1) is 6.92 Å². The second kappa shape index (κ2) is 8.90. The number of rotatable bonds is 5. The number of nitrogens with zero attached hydrogens (tertiary/aromatic N) is 2. The van der Waals surface area contributed by atoms with Crippen LogP contribution in [0.3, 0.4) is 0 Å². The lowest BCUT2D eigenvalue weighted by Crippen LogP contribution is -2.17. The van der Waals surface area contributed by atoms with Crippen molar-refractivity contribution in [3.05, 3.63) is 107 Å². The van der Waals surface area contributed by atoms with Crippen LogP contribution in [0.1, 0.15) is 21.6 Å². The van der Waals surface area contributed by atoms with Gasteiger partial charge in [-0.3, -0.25) is 4.79 Å². The van der Waals surface area contributed by atoms with Crippen LogP contribution in [0.2, 0.25) is 5.02 Å². The standard InChI is InChI=1S/C25H20ClN3O2/c1-17-7-13-23(18-5-3-2-4-6-18)29(17)22-11-8-19(9-12-22)25(31)28-27-16-20-15-21(26)10-14-24(20)30/h2-16,30H,1H3,(H,28,31)/b27-16+. The van der Waals surface area contributed by atoms with Gasteiger partial charge in [0, 0.05) is 27.5 Å². The monoisotopic (exact) mass is 429 g/mol. The Morgan fingerprint density at radius 3 is 2.48 bits per heavy atom. The number of aromatic nitrogens is 1. The van der Waals surface area contributed by atoms with Crippen LogP contribution in [0.5, 0.6) is 5.75 Å². The van der Waals surface area contributed by atoms with Crippen molar-refractivity contribution in [1.82, 2.24) is 9.99 Å². The number of aromatic hydroxyl groups is 1. The zero-order valence-corrected chi connectivity index (χ0v) is 17.5. The molecule has 2 N–H and O–H groups in total. The average Bonchev–Trinajstić information content (AvgIpc) is 3.18. The van der Waals surface area contributed by atoms with Crippen molar-refractivity contribution in [3.63, 3.8) is 0 Å². The van der Waals surface area contributed by atoms with Gasteiger partial charge in [-0.1, -0.05) is 41.9 Å². The fraction of sp³-hybridized carbons (Fsp3) is 0.0400. The van der Waals surface area contributed by atoms with Crippen molar-refractivity contribution < 1.29 is 9.90 Å². The highest BCUT2D eigenvalue weighted by Gasteiger charge is 2.11. The highest BCUT2D eigenvalue weighted by molar-refractivity contribution is 6.30. The van der Waals surface area contributed by atoms with Gasteiger partial charge in [-0.2, -0.15) is 5.10 Å². The van der Waals surface area contributed by atoms with E-state index in [-0.39, 0.29) is 11.7 Å². The lowest BCUT2D eigenvalue weighted by molar-refractivity contribution is 0.0955. The Hall–Kier alpha value is -3.83. The van der Waals surface area contributed by atoms with Crippen molar-refractivity contribution in [1.29, 1.82) is 0 Å². The number of hydrazone groups is 1. The normalized spacial score (nSPS) is 11.0. The molecule has 0 aliphatic carbocycles. The van der Waals surface area contributed by atoms with E-state index in [1.807, 2.05) is 37.3 Å². The topological polar surface area (TPSA) is 66.6 Å². The molecule has 154 valence electrons. The number of hydrogen-bond acceptors (Lipinski definition) is 3. The molecule has 3 aromatic carbocycles. The number of carbonyl (C=O) groups is 1. The molecule has 4 rings (SSSR count). The van der Waals surface area contributed by atoms with E-state index in [1.165, 1.54) is 12.3 Å². The molecule has 0 saturated carbocycles. The second-order valence-corrected chi connectivity index (χ2v) is 7.45. The molecule has 0 spiro atoms. The predicted molar refractivity (Wildman–Crippen MR) is 124 cm³/mol. The van der Waals surface area contributed by atoms with Gasteiger partial charge < -0.3 is 9.67 Å². The third-order valence-corrected chi connectivity index (χ3v) is 5.13. The molecule has 5 nitrogen and oxygen atoms in total. The van der Waals surface area contributed by atoms with Gasteiger partial charge in [-0.05, 0) is 67.1 Å². The van der Waals surface area contributed by atoms with Crippen LogP contribution < -0.4 is 5.43 Å². The Balaban J connectivity index is 1.51. The summed E-state index contributed by atoms with van der Waals surface area (Å²) in [4.78, 5) is 12.4. The molecule has 0 bridgehead atoms. The molecule has 0 fully saturated rings. The van der Waals surface area contributed by atoms with E-state index in [1.54, 1.807) is 24.3 Å². The maximum atomic E-state index is 12.4. The second-order valence-electron chi connectivity index (χ2n) is 7.01. The minimum absolute atomic E-state index is 0.0306. The average molecular weight is 430 g/mol. The fourth-order valence-corrected chi connectivity index (χ4v) is 3.51. The van der Waals surface area contributed by atoms with E-state index in [9.17, 15) is 9.90 Å². The third kappa shape index (κ3) is 4.52. The van der Waals surface area contributed by atoms with E-state index in [0.29, 0.717) is 16.1 Å². The van der Waals surface area contributed by atoms with Crippen LogP contribution in [-0.4, -0.2) is 21.8 Å². The first-order chi connectivity index (χ1) is 15.0. The summed E-state index contributed by atoms with van der Waals surface area (Å²) in [5, 5.41) is 14.2. The number of phenolic OH excluding ortho intramolecular Hbond substituents is 1. The summed E-state index contributed by atoms with van der Waals surface area (Å²) in [5.41, 5.74) is 7.63. The van der Waals surface area contributed by atoms with Gasteiger partial charge in [0.2, 0.25) is 0 Å². The fourth-order valence-electron chi connectivity index (χ4n) is 3.33. The van der Waals surface area contributed by atoms with E-state index in [4.69, 9.17) is 11.6 Å². The van der Waals surface area contributed by atoms with E-state index >= 15 is 0 Å². The van der Waals surface area contributed by atoms with E-state index in [0.717, 1.165) is 22.6 Å². The molecule has 0 aliphatic heterocycles. The number of carbonyl (C=O) groups excluding carboxylic acids is 1. The Kier molecular flexibility index (Phi) is 5.87. The maximum absolute atomic E-state index is 12.4. The van der Waals surface area contributed by atoms with Crippen LogP contribution in [0.15, 0.2) is 90.0 Å². The summed E-state index contributed by atoms with van der Waals surface area (Å²) < 4.78 is 2.15. The van der Waals surface area contributed by atoms with Crippen molar-refractivity contribution in [3.8, 4) is 22.7 Å². The molecule has 0 atom stereocenters. The summed E-state index contributed by atoms with van der Waals surface area (Å²) in [7, 11) is 0. The molecule has 4 aromatic rings. The van der Waals surface area contributed by atoms with Gasteiger partial charge in [0.05, 0.1) is 11.9 Å². The van der Waals surface area contributed by atoms with Crippen molar-refractivity contribution >= 4 is 23.7 Å². The first kappa shape index (κ1) is 20.4. The molecule has 1 heterocycles. The molecule has 0 aliphatic rings. The summed E-state index contributed by atoms with van der Waals surface area (Å²) in [6.45, 7) is 2.05. The highest BCUT2D eigenvalue weighted by atomic mass is 35.5. The Bertz CT molecular complexity index is 1250. The molecule has 1 aromatic heterocycles. The predicted octanol–water partition coefficient (Wildman–Crippen LogP) is 5.58. The van der Waals surface area contributed by atoms with Gasteiger partial charge in [-0.15, -0.1) is 0 Å². The number of benzene rings is 3. The molecule has 0 saturated heterocycles. The number of hydrogen-bond donors (Lipinski definition) is 2. The molecule has 6 heteroatoms. The van der Waals surface area contributed by atoms with Crippen molar-refractivity contribution in [2.45, 2.75) is 6.92 Å². The number of nitrogens with one attached hydrogen (secondary N) is 1. The number of amides is 1. The summed E-state index contributed by atoms with van der Waals surface area (Å²) in [6, 6.07) is 26.2. The minimum atomic E-state index is -0.350. The molecular weight excluding hydrogens is 410 g/mol. The Morgan fingerprint density at radius 2 is 1.74 bits per heavy atom. The van der Waals surface area contributed by atoms with Gasteiger partial charge in [0.1, 0.15) is 5.75 Å². The highest BCUT2D eigenvalue weighted by Crippen LogP contribution is 2.26. The quantitative estimate of drug-likeness (QED) is 0.321. The minimum Gasteiger partial charge on any atom is -0.507 e. The Labute approximate surface area is 185 Å². The molecule has 0 unspecified atom stereocenters. The lowest BCUT2D eigenvalue weighted by Gasteiger charge is -2.12. The molecular formula is C25H20ClN3O2. The van der Waals surface area contributed by atoms with Gasteiger partial charge in [0.15, 0.2) is 0 Å². The first-order valence-corrected chi connectivity index (χ1v) is 10.1. The largest absolute Gasteiger partial charge is 0.507 e. The van der Waals surface area contributed by atoms with E-state index in [2.05, 4.69) is 39.4 Å². The van der Waals surface area contributed by atoms with Crippen LogP contribution in [-0.2, 0) is 0 Å². The zero-order chi connectivity index (χ0) is 21.8. The molecule has 31 heavy (non-hydrogen) atoms. The lowest BCUT2D eigenvalue weighted by atomic mass is 10.1. The smallest absolute Gasteiger partial charge is 0.271 e. The number of phenols is 1. The van der Waals surface area contributed by atoms with E-state index < -0.39 is 0 Å². The third-order valence-electron chi connectivity index (χ3n) is 4.89.